The van der Waals surface area contributed by atoms with E-state index in [-0.39, 0.29) is 0 Å². The van der Waals surface area contributed by atoms with Gasteiger partial charge in [0.25, 0.3) is 0 Å². The van der Waals surface area contributed by atoms with Crippen LogP contribution in [-0.4, -0.2) is 4.98 Å². The lowest BCUT2D eigenvalue weighted by Gasteiger charge is -2.07. The van der Waals surface area contributed by atoms with Crippen molar-refractivity contribution < 1.29 is 4.74 Å². The van der Waals surface area contributed by atoms with Crippen LogP contribution in [0.1, 0.15) is 11.1 Å². The van der Waals surface area contributed by atoms with Crippen LogP contribution in [0.2, 0.25) is 5.15 Å². The fraction of sp³-hybridized carbons (Fsp3) is 0.154. The molecule has 1 heterocycles. The number of halogens is 1. The van der Waals surface area contributed by atoms with Crippen molar-refractivity contribution in [1.82, 2.24) is 4.98 Å². The van der Waals surface area contributed by atoms with Gasteiger partial charge in [0.1, 0.15) is 16.7 Å². The molecule has 0 radical (unpaired) electrons. The Hall–Kier alpha value is -1.54. The van der Waals surface area contributed by atoms with E-state index in [1.807, 2.05) is 26.0 Å². The van der Waals surface area contributed by atoms with E-state index in [9.17, 15) is 0 Å². The normalized spacial score (nSPS) is 10.2. The lowest BCUT2D eigenvalue weighted by atomic mass is 10.1. The molecular formula is C13H12ClNO. The molecule has 0 atom stereocenters. The van der Waals surface area contributed by atoms with Crippen molar-refractivity contribution >= 4 is 11.6 Å². The molecule has 0 aliphatic rings. The first kappa shape index (κ1) is 11.0. The molecule has 0 spiro atoms. The first-order chi connectivity index (χ1) is 7.63. The van der Waals surface area contributed by atoms with Gasteiger partial charge >= 0.3 is 0 Å². The molecule has 0 bridgehead atoms. The van der Waals surface area contributed by atoms with E-state index < -0.39 is 0 Å². The van der Waals surface area contributed by atoms with Crippen LogP contribution in [0.15, 0.2) is 36.5 Å². The standard InChI is InChI=1S/C13H12ClNO/c1-9-5-10(2)7-12(6-9)16-11-3-4-13(14)15-8-11/h3-8H,1-2H3. The summed E-state index contributed by atoms with van der Waals surface area (Å²) in [5.41, 5.74) is 2.36. The van der Waals surface area contributed by atoms with Gasteiger partial charge in [-0.1, -0.05) is 17.7 Å². The molecule has 0 unspecified atom stereocenters. The summed E-state index contributed by atoms with van der Waals surface area (Å²) in [5.74, 6) is 1.51. The average molecular weight is 234 g/mol. The molecule has 0 saturated carbocycles. The highest BCUT2D eigenvalue weighted by atomic mass is 35.5. The molecule has 3 heteroatoms. The first-order valence-corrected chi connectivity index (χ1v) is 5.39. The van der Waals surface area contributed by atoms with Crippen molar-refractivity contribution in [1.29, 1.82) is 0 Å². The molecule has 0 N–H and O–H groups in total. The largest absolute Gasteiger partial charge is 0.456 e. The minimum Gasteiger partial charge on any atom is -0.456 e. The second-order valence-electron chi connectivity index (χ2n) is 3.74. The van der Waals surface area contributed by atoms with Gasteiger partial charge < -0.3 is 4.74 Å². The van der Waals surface area contributed by atoms with Crippen molar-refractivity contribution in [3.8, 4) is 11.5 Å². The van der Waals surface area contributed by atoms with Crippen LogP contribution >= 0.6 is 11.6 Å². The van der Waals surface area contributed by atoms with Gasteiger partial charge in [-0.2, -0.15) is 0 Å². The van der Waals surface area contributed by atoms with Crippen LogP contribution in [0.5, 0.6) is 11.5 Å². The lowest BCUT2D eigenvalue weighted by molar-refractivity contribution is 0.479. The average Bonchev–Trinajstić information content (AvgIpc) is 2.20. The zero-order chi connectivity index (χ0) is 11.5. The van der Waals surface area contributed by atoms with Crippen molar-refractivity contribution in [2.45, 2.75) is 13.8 Å². The van der Waals surface area contributed by atoms with Crippen LogP contribution in [-0.2, 0) is 0 Å². The van der Waals surface area contributed by atoms with Crippen LogP contribution in [0.3, 0.4) is 0 Å². The third-order valence-electron chi connectivity index (χ3n) is 2.13. The Bertz CT molecular complexity index is 474. The molecule has 2 nitrogen and oxygen atoms in total. The van der Waals surface area contributed by atoms with E-state index >= 15 is 0 Å². The van der Waals surface area contributed by atoms with E-state index in [0.717, 1.165) is 5.75 Å². The molecule has 0 fully saturated rings. The maximum Gasteiger partial charge on any atom is 0.145 e. The minimum absolute atomic E-state index is 0.466. The molecule has 0 amide bonds. The van der Waals surface area contributed by atoms with E-state index in [2.05, 4.69) is 11.1 Å². The molecule has 0 aliphatic heterocycles. The molecule has 1 aromatic heterocycles. The fourth-order valence-corrected chi connectivity index (χ4v) is 1.66. The maximum atomic E-state index is 5.70. The van der Waals surface area contributed by atoms with Crippen LogP contribution in [0, 0.1) is 13.8 Å². The van der Waals surface area contributed by atoms with Crippen LogP contribution in [0.25, 0.3) is 0 Å². The van der Waals surface area contributed by atoms with E-state index in [0.29, 0.717) is 10.9 Å². The summed E-state index contributed by atoms with van der Waals surface area (Å²) in [4.78, 5) is 3.96. The highest BCUT2D eigenvalue weighted by Gasteiger charge is 1.99. The zero-order valence-electron chi connectivity index (χ0n) is 9.20. The number of hydrogen-bond donors (Lipinski definition) is 0. The molecule has 2 aromatic rings. The Balaban J connectivity index is 2.23. The van der Waals surface area contributed by atoms with Gasteiger partial charge in [0.2, 0.25) is 0 Å². The molecule has 2 rings (SSSR count). The van der Waals surface area contributed by atoms with E-state index in [1.165, 1.54) is 11.1 Å². The number of rotatable bonds is 2. The van der Waals surface area contributed by atoms with Crippen LogP contribution in [0.4, 0.5) is 0 Å². The summed E-state index contributed by atoms with van der Waals surface area (Å²) in [6, 6.07) is 9.59. The predicted molar refractivity (Wildman–Crippen MR) is 65.2 cm³/mol. The first-order valence-electron chi connectivity index (χ1n) is 5.01. The van der Waals surface area contributed by atoms with E-state index in [1.54, 1.807) is 18.3 Å². The summed E-state index contributed by atoms with van der Waals surface area (Å²) in [7, 11) is 0. The Labute approximate surface area is 99.9 Å². The maximum absolute atomic E-state index is 5.70. The van der Waals surface area contributed by atoms with Gasteiger partial charge in [0.15, 0.2) is 0 Å². The molecule has 0 aliphatic carbocycles. The fourth-order valence-electron chi connectivity index (χ4n) is 1.55. The van der Waals surface area contributed by atoms with Gasteiger partial charge in [-0.05, 0) is 49.2 Å². The van der Waals surface area contributed by atoms with Gasteiger partial charge in [0.05, 0.1) is 6.20 Å². The molecule has 1 aromatic carbocycles. The smallest absolute Gasteiger partial charge is 0.145 e. The summed E-state index contributed by atoms with van der Waals surface area (Å²) in [5, 5.41) is 0.466. The SMILES string of the molecule is Cc1cc(C)cc(Oc2ccc(Cl)nc2)c1. The number of ether oxygens (including phenoxy) is 1. The van der Waals surface area contributed by atoms with Crippen molar-refractivity contribution in [3.63, 3.8) is 0 Å². The quantitative estimate of drug-likeness (QED) is 0.728. The summed E-state index contributed by atoms with van der Waals surface area (Å²) in [6.45, 7) is 4.08. The Morgan fingerprint density at radius 2 is 1.69 bits per heavy atom. The van der Waals surface area contributed by atoms with Gasteiger partial charge in [-0.3, -0.25) is 0 Å². The zero-order valence-corrected chi connectivity index (χ0v) is 9.95. The third kappa shape index (κ3) is 2.74. The second kappa shape index (κ2) is 4.54. The predicted octanol–water partition coefficient (Wildman–Crippen LogP) is 4.14. The Kier molecular flexibility index (Phi) is 3.11. The summed E-state index contributed by atoms with van der Waals surface area (Å²) >= 11 is 5.70. The molecule has 82 valence electrons. The van der Waals surface area contributed by atoms with Gasteiger partial charge in [-0.25, -0.2) is 4.98 Å². The number of hydrogen-bond acceptors (Lipinski definition) is 2. The van der Waals surface area contributed by atoms with E-state index in [4.69, 9.17) is 16.3 Å². The lowest BCUT2D eigenvalue weighted by Crippen LogP contribution is -1.87. The topological polar surface area (TPSA) is 22.1 Å². The Morgan fingerprint density at radius 3 is 2.25 bits per heavy atom. The summed E-state index contributed by atoms with van der Waals surface area (Å²) < 4.78 is 5.67. The van der Waals surface area contributed by atoms with Gasteiger partial charge in [-0.15, -0.1) is 0 Å². The molecular weight excluding hydrogens is 222 g/mol. The second-order valence-corrected chi connectivity index (χ2v) is 4.13. The molecule has 0 saturated heterocycles. The number of aryl methyl sites for hydroxylation is 2. The number of nitrogens with zero attached hydrogens (tertiary/aromatic N) is 1. The Morgan fingerprint density at radius 1 is 1.00 bits per heavy atom. The molecule has 16 heavy (non-hydrogen) atoms. The van der Waals surface area contributed by atoms with Crippen molar-refractivity contribution in [3.05, 3.63) is 52.8 Å². The number of aromatic nitrogens is 1. The number of benzene rings is 1. The third-order valence-corrected chi connectivity index (χ3v) is 2.35. The number of pyridine rings is 1. The minimum atomic E-state index is 0.466. The highest BCUT2D eigenvalue weighted by Crippen LogP contribution is 2.23. The van der Waals surface area contributed by atoms with Gasteiger partial charge in [0, 0.05) is 0 Å². The van der Waals surface area contributed by atoms with Crippen LogP contribution < -0.4 is 4.74 Å². The van der Waals surface area contributed by atoms with Crippen molar-refractivity contribution in [2.24, 2.45) is 0 Å². The van der Waals surface area contributed by atoms with Crippen molar-refractivity contribution in [2.75, 3.05) is 0 Å². The summed E-state index contributed by atoms with van der Waals surface area (Å²) in [6.07, 6.45) is 1.61. The highest BCUT2D eigenvalue weighted by molar-refractivity contribution is 6.29. The monoisotopic (exact) mass is 233 g/mol.